The Kier molecular flexibility index (Phi) is 6.27. The van der Waals surface area contributed by atoms with Crippen molar-refractivity contribution in [3.05, 3.63) is 48.4 Å². The molecule has 2 aromatic rings. The van der Waals surface area contributed by atoms with Gasteiger partial charge in [-0.2, -0.15) is 0 Å². The van der Waals surface area contributed by atoms with Crippen LogP contribution in [0.3, 0.4) is 0 Å². The van der Waals surface area contributed by atoms with Gasteiger partial charge in [-0.25, -0.2) is 14.0 Å². The third kappa shape index (κ3) is 5.76. The van der Waals surface area contributed by atoms with E-state index in [-0.39, 0.29) is 11.9 Å². The Labute approximate surface area is 126 Å². The fourth-order valence-electron chi connectivity index (χ4n) is 1.77. The van der Waals surface area contributed by atoms with Gasteiger partial charge in [-0.15, -0.1) is 0 Å². The number of benzene rings is 1. The van der Waals surface area contributed by atoms with Gasteiger partial charge in [0.25, 0.3) is 0 Å². The van der Waals surface area contributed by atoms with Crippen molar-refractivity contribution >= 4 is 22.8 Å². The van der Waals surface area contributed by atoms with Gasteiger partial charge in [0, 0.05) is 30.9 Å². The smallest absolute Gasteiger partial charge is 0.328 e. The summed E-state index contributed by atoms with van der Waals surface area (Å²) in [6, 6.07) is 6.84. The Bertz CT molecular complexity index is 676. The zero-order valence-electron chi connectivity index (χ0n) is 11.9. The van der Waals surface area contributed by atoms with Crippen LogP contribution >= 0.6 is 0 Å². The Morgan fingerprint density at radius 1 is 1.27 bits per heavy atom. The highest BCUT2D eigenvalue weighted by Gasteiger charge is 2.03. The molecular formula is C15H17FN2O4. The fourth-order valence-corrected chi connectivity index (χ4v) is 1.77. The number of fused-ring (bicyclic) bond motifs is 1. The normalized spacial score (nSPS) is 12.0. The van der Waals surface area contributed by atoms with Crippen LogP contribution in [0.4, 0.5) is 4.39 Å². The lowest BCUT2D eigenvalue weighted by Gasteiger charge is -2.08. The van der Waals surface area contributed by atoms with Gasteiger partial charge in [-0.05, 0) is 36.6 Å². The third-order valence-corrected chi connectivity index (χ3v) is 2.59. The highest BCUT2D eigenvalue weighted by molar-refractivity contribution is 5.89. The first-order valence-electron chi connectivity index (χ1n) is 6.43. The number of carbonyl (C=O) groups is 2. The van der Waals surface area contributed by atoms with Crippen molar-refractivity contribution < 1.29 is 24.2 Å². The average molecular weight is 308 g/mol. The summed E-state index contributed by atoms with van der Waals surface area (Å²) >= 11 is 0. The molecule has 0 bridgehead atoms. The number of nitrogens with two attached hydrogens (primary N) is 1. The van der Waals surface area contributed by atoms with Gasteiger partial charge in [0.05, 0.1) is 5.52 Å². The maximum absolute atomic E-state index is 13.0. The molecule has 2 rings (SSSR count). The van der Waals surface area contributed by atoms with Gasteiger partial charge >= 0.3 is 11.9 Å². The fraction of sp³-hybridized carbons (Fsp3) is 0.200. The van der Waals surface area contributed by atoms with Crippen molar-refractivity contribution in [2.24, 2.45) is 5.73 Å². The first-order valence-corrected chi connectivity index (χ1v) is 6.43. The average Bonchev–Trinajstić information content (AvgIpc) is 2.79. The molecule has 0 fully saturated rings. The molecule has 0 spiro atoms. The van der Waals surface area contributed by atoms with E-state index < -0.39 is 11.9 Å². The highest BCUT2D eigenvalue weighted by atomic mass is 19.1. The van der Waals surface area contributed by atoms with Crippen LogP contribution in [0.5, 0.6) is 0 Å². The predicted octanol–water partition coefficient (Wildman–Crippen LogP) is 1.84. The molecule has 7 heteroatoms. The molecule has 0 saturated carbocycles. The maximum Gasteiger partial charge on any atom is 0.328 e. The van der Waals surface area contributed by atoms with Crippen molar-refractivity contribution in [3.8, 4) is 0 Å². The number of halogens is 1. The van der Waals surface area contributed by atoms with Crippen molar-refractivity contribution in [2.45, 2.75) is 19.5 Å². The molecule has 118 valence electrons. The number of carboxylic acid groups (broad SMARTS) is 2. The Morgan fingerprint density at radius 3 is 2.36 bits per heavy atom. The molecule has 1 heterocycles. The molecule has 0 amide bonds. The van der Waals surface area contributed by atoms with Gasteiger partial charge in [0.15, 0.2) is 0 Å². The highest BCUT2D eigenvalue weighted by Crippen LogP contribution is 2.17. The molecule has 1 aromatic carbocycles. The quantitative estimate of drug-likeness (QED) is 0.747. The largest absolute Gasteiger partial charge is 0.478 e. The van der Waals surface area contributed by atoms with Crippen LogP contribution in [-0.4, -0.2) is 32.8 Å². The van der Waals surface area contributed by atoms with E-state index in [1.807, 2.05) is 23.8 Å². The lowest BCUT2D eigenvalue weighted by Crippen LogP contribution is -2.21. The Morgan fingerprint density at radius 2 is 1.86 bits per heavy atom. The lowest BCUT2D eigenvalue weighted by molar-refractivity contribution is -0.134. The van der Waals surface area contributed by atoms with E-state index in [1.54, 1.807) is 6.07 Å². The molecule has 1 unspecified atom stereocenters. The molecule has 22 heavy (non-hydrogen) atoms. The summed E-state index contributed by atoms with van der Waals surface area (Å²) in [5, 5.41) is 16.7. The number of aromatic nitrogens is 1. The van der Waals surface area contributed by atoms with E-state index in [0.29, 0.717) is 18.7 Å². The van der Waals surface area contributed by atoms with Gasteiger partial charge in [-0.3, -0.25) is 0 Å². The van der Waals surface area contributed by atoms with E-state index >= 15 is 0 Å². The minimum absolute atomic E-state index is 0.0777. The van der Waals surface area contributed by atoms with Gasteiger partial charge < -0.3 is 20.5 Å². The molecular weight excluding hydrogens is 291 g/mol. The number of hydrogen-bond donors (Lipinski definition) is 3. The standard InChI is InChI=1S/C11H13FN2.C4H4O4/c1-8(13)7-14-5-4-9-2-3-10(12)6-11(9)14;5-3(6)1-2-4(7)8/h2-6,8H,7,13H2,1H3;1-2H,(H,5,6)(H,7,8)/b;2-1+. The summed E-state index contributed by atoms with van der Waals surface area (Å²) in [5.74, 6) is -2.72. The first-order chi connectivity index (χ1) is 10.3. The van der Waals surface area contributed by atoms with Gasteiger partial charge in [0.1, 0.15) is 5.82 Å². The Balaban J connectivity index is 0.000000261. The second-order valence-corrected chi connectivity index (χ2v) is 4.66. The predicted molar refractivity (Wildman–Crippen MR) is 80.0 cm³/mol. The van der Waals surface area contributed by atoms with Crippen LogP contribution in [-0.2, 0) is 16.1 Å². The van der Waals surface area contributed by atoms with Crippen LogP contribution < -0.4 is 5.73 Å². The van der Waals surface area contributed by atoms with Gasteiger partial charge in [-0.1, -0.05) is 0 Å². The zero-order valence-corrected chi connectivity index (χ0v) is 11.9. The van der Waals surface area contributed by atoms with Gasteiger partial charge in [0.2, 0.25) is 0 Å². The SMILES string of the molecule is CC(N)Cn1ccc2ccc(F)cc21.O=C(O)/C=C/C(=O)O. The lowest BCUT2D eigenvalue weighted by atomic mass is 10.2. The molecule has 1 atom stereocenters. The summed E-state index contributed by atoms with van der Waals surface area (Å²) in [7, 11) is 0. The topological polar surface area (TPSA) is 106 Å². The summed E-state index contributed by atoms with van der Waals surface area (Å²) in [6.07, 6.45) is 3.05. The molecule has 4 N–H and O–H groups in total. The van der Waals surface area contributed by atoms with Crippen LogP contribution in [0.2, 0.25) is 0 Å². The van der Waals surface area contributed by atoms with E-state index in [2.05, 4.69) is 0 Å². The second-order valence-electron chi connectivity index (χ2n) is 4.66. The third-order valence-electron chi connectivity index (χ3n) is 2.59. The first kappa shape index (κ1) is 17.4. The number of hydrogen-bond acceptors (Lipinski definition) is 3. The zero-order chi connectivity index (χ0) is 16.7. The van der Waals surface area contributed by atoms with E-state index in [4.69, 9.17) is 15.9 Å². The maximum atomic E-state index is 13.0. The van der Waals surface area contributed by atoms with Crippen molar-refractivity contribution in [2.75, 3.05) is 0 Å². The molecule has 6 nitrogen and oxygen atoms in total. The van der Waals surface area contributed by atoms with Crippen LogP contribution in [0, 0.1) is 5.82 Å². The number of carboxylic acids is 2. The molecule has 0 aliphatic heterocycles. The summed E-state index contributed by atoms with van der Waals surface area (Å²) in [6.45, 7) is 2.65. The number of nitrogens with zero attached hydrogens (tertiary/aromatic N) is 1. The van der Waals surface area contributed by atoms with Crippen molar-refractivity contribution in [1.82, 2.24) is 4.57 Å². The summed E-state index contributed by atoms with van der Waals surface area (Å²) in [5.41, 5.74) is 6.60. The minimum atomic E-state index is -1.26. The monoisotopic (exact) mass is 308 g/mol. The van der Waals surface area contributed by atoms with Crippen LogP contribution in [0.25, 0.3) is 10.9 Å². The molecule has 1 aromatic heterocycles. The number of rotatable bonds is 4. The second kappa shape index (κ2) is 7.94. The summed E-state index contributed by atoms with van der Waals surface area (Å²) in [4.78, 5) is 19.1. The van der Waals surface area contributed by atoms with Crippen molar-refractivity contribution in [1.29, 1.82) is 0 Å². The van der Waals surface area contributed by atoms with Crippen molar-refractivity contribution in [3.63, 3.8) is 0 Å². The minimum Gasteiger partial charge on any atom is -0.478 e. The van der Waals surface area contributed by atoms with E-state index in [1.165, 1.54) is 12.1 Å². The molecule has 0 radical (unpaired) electrons. The van der Waals surface area contributed by atoms with Crippen LogP contribution in [0.1, 0.15) is 6.92 Å². The molecule has 0 aliphatic rings. The van der Waals surface area contributed by atoms with E-state index in [0.717, 1.165) is 10.9 Å². The summed E-state index contributed by atoms with van der Waals surface area (Å²) < 4.78 is 15.0. The Hall–Kier alpha value is -2.67. The molecule has 0 saturated heterocycles. The van der Waals surface area contributed by atoms with E-state index in [9.17, 15) is 14.0 Å². The number of aliphatic carboxylic acids is 2. The van der Waals surface area contributed by atoms with Crippen LogP contribution in [0.15, 0.2) is 42.6 Å². The molecule has 0 aliphatic carbocycles.